The van der Waals surface area contributed by atoms with Crippen molar-refractivity contribution in [2.45, 2.75) is 12.1 Å². The minimum atomic E-state index is -1.09. The van der Waals surface area contributed by atoms with Gasteiger partial charge in [0.2, 0.25) is 0 Å². The van der Waals surface area contributed by atoms with E-state index in [4.69, 9.17) is 16.6 Å². The highest BCUT2D eigenvalue weighted by atomic mass is 16.4. The first-order valence-corrected chi connectivity index (χ1v) is 3.92. The summed E-state index contributed by atoms with van der Waals surface area (Å²) in [5.41, 5.74) is 11.7. The first-order chi connectivity index (χ1) is 6.13. The fraction of sp³-hybridized carbons (Fsp3) is 0.222. The van der Waals surface area contributed by atoms with Gasteiger partial charge in [0.15, 0.2) is 0 Å². The standard InChI is InChI=1S/C9H12N2O2/c10-7(8(11)9(12)13)6-4-2-1-3-5-6/h1-5,7-8H,10-11H2,(H,12,13). The summed E-state index contributed by atoms with van der Waals surface area (Å²) in [4.78, 5) is 10.5. The molecule has 0 saturated carbocycles. The van der Waals surface area contributed by atoms with E-state index in [0.29, 0.717) is 0 Å². The Morgan fingerprint density at radius 2 is 1.77 bits per heavy atom. The maximum atomic E-state index is 10.5. The third-order valence-corrected chi connectivity index (χ3v) is 1.86. The Labute approximate surface area is 76.2 Å². The van der Waals surface area contributed by atoms with E-state index in [0.717, 1.165) is 5.56 Å². The first kappa shape index (κ1) is 9.70. The third-order valence-electron chi connectivity index (χ3n) is 1.86. The third kappa shape index (κ3) is 2.27. The van der Waals surface area contributed by atoms with Crippen molar-refractivity contribution < 1.29 is 9.90 Å². The molecule has 2 unspecified atom stereocenters. The predicted molar refractivity (Wildman–Crippen MR) is 49.0 cm³/mol. The largest absolute Gasteiger partial charge is 0.480 e. The van der Waals surface area contributed by atoms with Crippen LogP contribution in [0.1, 0.15) is 11.6 Å². The van der Waals surface area contributed by atoms with Crippen molar-refractivity contribution in [2.24, 2.45) is 11.5 Å². The molecule has 1 aromatic rings. The van der Waals surface area contributed by atoms with E-state index in [1.54, 1.807) is 24.3 Å². The van der Waals surface area contributed by atoms with Crippen molar-refractivity contribution in [3.05, 3.63) is 35.9 Å². The highest BCUT2D eigenvalue weighted by molar-refractivity contribution is 5.74. The van der Waals surface area contributed by atoms with E-state index >= 15 is 0 Å². The van der Waals surface area contributed by atoms with Gasteiger partial charge in [-0.05, 0) is 5.56 Å². The molecular formula is C9H12N2O2. The summed E-state index contributed by atoms with van der Waals surface area (Å²) in [6, 6.07) is 7.23. The van der Waals surface area contributed by atoms with Crippen LogP contribution >= 0.6 is 0 Å². The molecular weight excluding hydrogens is 168 g/mol. The Kier molecular flexibility index (Phi) is 3.00. The second-order valence-electron chi connectivity index (χ2n) is 2.80. The zero-order valence-electron chi connectivity index (χ0n) is 7.05. The topological polar surface area (TPSA) is 89.3 Å². The highest BCUT2D eigenvalue weighted by Crippen LogP contribution is 2.11. The van der Waals surface area contributed by atoms with Gasteiger partial charge >= 0.3 is 5.97 Å². The fourth-order valence-electron chi connectivity index (χ4n) is 1.04. The Morgan fingerprint density at radius 3 is 2.23 bits per heavy atom. The van der Waals surface area contributed by atoms with Crippen LogP contribution in [-0.4, -0.2) is 17.1 Å². The Bertz CT molecular complexity index is 287. The van der Waals surface area contributed by atoms with Gasteiger partial charge in [0.1, 0.15) is 6.04 Å². The van der Waals surface area contributed by atoms with Gasteiger partial charge in [0, 0.05) is 0 Å². The average Bonchev–Trinajstić information content (AvgIpc) is 2.17. The number of aliphatic carboxylic acids is 1. The zero-order chi connectivity index (χ0) is 9.84. The molecule has 0 aliphatic heterocycles. The van der Waals surface area contributed by atoms with Crippen LogP contribution in [0, 0.1) is 0 Å². The quantitative estimate of drug-likeness (QED) is 0.615. The van der Waals surface area contributed by atoms with Crippen LogP contribution in [0.15, 0.2) is 30.3 Å². The molecule has 0 saturated heterocycles. The minimum absolute atomic E-state index is 0.654. The minimum Gasteiger partial charge on any atom is -0.480 e. The summed E-state index contributed by atoms with van der Waals surface area (Å²) in [6.45, 7) is 0. The van der Waals surface area contributed by atoms with Crippen LogP contribution in [-0.2, 0) is 4.79 Å². The summed E-state index contributed by atoms with van der Waals surface area (Å²) < 4.78 is 0. The van der Waals surface area contributed by atoms with Crippen LogP contribution in [0.4, 0.5) is 0 Å². The van der Waals surface area contributed by atoms with E-state index in [1.165, 1.54) is 0 Å². The molecule has 2 atom stereocenters. The number of rotatable bonds is 3. The molecule has 4 heteroatoms. The fourth-order valence-corrected chi connectivity index (χ4v) is 1.04. The number of carboxylic acids is 1. The van der Waals surface area contributed by atoms with Gasteiger partial charge in [-0.2, -0.15) is 0 Å². The molecule has 4 nitrogen and oxygen atoms in total. The summed E-state index contributed by atoms with van der Waals surface area (Å²) in [5, 5.41) is 8.61. The van der Waals surface area contributed by atoms with Crippen molar-refractivity contribution in [1.82, 2.24) is 0 Å². The molecule has 0 bridgehead atoms. The second kappa shape index (κ2) is 4.02. The number of hydrogen-bond acceptors (Lipinski definition) is 3. The SMILES string of the molecule is NC(C(=O)O)C(N)c1ccccc1. The monoisotopic (exact) mass is 180 g/mol. The van der Waals surface area contributed by atoms with E-state index in [9.17, 15) is 4.79 Å². The molecule has 5 N–H and O–H groups in total. The van der Waals surface area contributed by atoms with E-state index in [-0.39, 0.29) is 0 Å². The van der Waals surface area contributed by atoms with Gasteiger partial charge in [-0.1, -0.05) is 30.3 Å². The van der Waals surface area contributed by atoms with Gasteiger partial charge in [0.25, 0.3) is 0 Å². The molecule has 0 fully saturated rings. The Hall–Kier alpha value is -1.39. The lowest BCUT2D eigenvalue weighted by molar-refractivity contribution is -0.139. The molecule has 70 valence electrons. The molecule has 0 heterocycles. The summed E-state index contributed by atoms with van der Waals surface area (Å²) >= 11 is 0. The Balaban J connectivity index is 2.79. The van der Waals surface area contributed by atoms with Gasteiger partial charge in [-0.3, -0.25) is 4.79 Å². The molecule has 0 amide bonds. The van der Waals surface area contributed by atoms with Gasteiger partial charge in [-0.15, -0.1) is 0 Å². The van der Waals surface area contributed by atoms with Crippen molar-refractivity contribution in [3.63, 3.8) is 0 Å². The molecule has 1 aromatic carbocycles. The smallest absolute Gasteiger partial charge is 0.322 e. The van der Waals surface area contributed by atoms with Crippen LogP contribution < -0.4 is 11.5 Å². The van der Waals surface area contributed by atoms with Crippen molar-refractivity contribution >= 4 is 5.97 Å². The first-order valence-electron chi connectivity index (χ1n) is 3.92. The van der Waals surface area contributed by atoms with Crippen LogP contribution in [0.5, 0.6) is 0 Å². The van der Waals surface area contributed by atoms with Crippen molar-refractivity contribution in [3.8, 4) is 0 Å². The maximum Gasteiger partial charge on any atom is 0.322 e. The lowest BCUT2D eigenvalue weighted by Crippen LogP contribution is -2.40. The number of carboxylic acid groups (broad SMARTS) is 1. The molecule has 1 rings (SSSR count). The van der Waals surface area contributed by atoms with E-state index < -0.39 is 18.1 Å². The highest BCUT2D eigenvalue weighted by Gasteiger charge is 2.21. The normalized spacial score (nSPS) is 14.9. The summed E-state index contributed by atoms with van der Waals surface area (Å²) in [5.74, 6) is -1.09. The molecule has 0 spiro atoms. The zero-order valence-corrected chi connectivity index (χ0v) is 7.05. The molecule has 13 heavy (non-hydrogen) atoms. The van der Waals surface area contributed by atoms with Crippen molar-refractivity contribution in [1.29, 1.82) is 0 Å². The number of nitrogens with two attached hydrogens (primary N) is 2. The number of carbonyl (C=O) groups is 1. The lowest BCUT2D eigenvalue weighted by Gasteiger charge is -2.15. The Morgan fingerprint density at radius 1 is 1.23 bits per heavy atom. The van der Waals surface area contributed by atoms with Crippen LogP contribution in [0.3, 0.4) is 0 Å². The van der Waals surface area contributed by atoms with Crippen LogP contribution in [0.2, 0.25) is 0 Å². The average molecular weight is 180 g/mol. The second-order valence-corrected chi connectivity index (χ2v) is 2.80. The molecule has 0 aliphatic carbocycles. The number of hydrogen-bond donors (Lipinski definition) is 3. The lowest BCUT2D eigenvalue weighted by atomic mass is 10.0. The van der Waals surface area contributed by atoms with Crippen LogP contribution in [0.25, 0.3) is 0 Å². The van der Waals surface area contributed by atoms with Gasteiger partial charge < -0.3 is 16.6 Å². The predicted octanol–water partition coefficient (Wildman–Crippen LogP) is 0.0983. The molecule has 0 aromatic heterocycles. The molecule has 0 radical (unpaired) electrons. The summed E-state index contributed by atoms with van der Waals surface area (Å²) in [6.07, 6.45) is 0. The van der Waals surface area contributed by atoms with Gasteiger partial charge in [-0.25, -0.2) is 0 Å². The molecule has 0 aliphatic rings. The van der Waals surface area contributed by atoms with Crippen molar-refractivity contribution in [2.75, 3.05) is 0 Å². The summed E-state index contributed by atoms with van der Waals surface area (Å²) in [7, 11) is 0. The number of benzene rings is 1. The van der Waals surface area contributed by atoms with E-state index in [2.05, 4.69) is 0 Å². The van der Waals surface area contributed by atoms with E-state index in [1.807, 2.05) is 6.07 Å². The van der Waals surface area contributed by atoms with Gasteiger partial charge in [0.05, 0.1) is 6.04 Å². The maximum absolute atomic E-state index is 10.5.